The Kier molecular flexibility index (Phi) is 5.15. The number of carbonyl (C=O) groups excluding carboxylic acids is 1. The van der Waals surface area contributed by atoms with Gasteiger partial charge in [0.1, 0.15) is 5.76 Å². The first-order valence-electron chi connectivity index (χ1n) is 9.34. The first kappa shape index (κ1) is 19.3. The van der Waals surface area contributed by atoms with Crippen LogP contribution in [0.4, 0.5) is 0 Å². The quantitative estimate of drug-likeness (QED) is 0.248. The minimum absolute atomic E-state index is 0.0618. The van der Waals surface area contributed by atoms with Crippen LogP contribution in [0.25, 0.3) is 16.9 Å². The Labute approximate surface area is 173 Å². The van der Waals surface area contributed by atoms with Crippen LogP contribution in [0.2, 0.25) is 0 Å². The third kappa shape index (κ3) is 3.53. The number of imidazole rings is 1. The van der Waals surface area contributed by atoms with Crippen molar-refractivity contribution in [2.75, 3.05) is 5.75 Å². The summed E-state index contributed by atoms with van der Waals surface area (Å²) in [6.07, 6.45) is 1.84. The summed E-state index contributed by atoms with van der Waals surface area (Å²) in [5, 5.41) is 4.90. The maximum atomic E-state index is 13.0. The molecule has 0 aliphatic heterocycles. The summed E-state index contributed by atoms with van der Waals surface area (Å²) in [4.78, 5) is 17.7. The number of rotatable bonds is 7. The van der Waals surface area contributed by atoms with E-state index in [-0.39, 0.29) is 5.78 Å². The molecule has 148 valence electrons. The molecule has 0 aliphatic rings. The molecule has 0 atom stereocenters. The van der Waals surface area contributed by atoms with Gasteiger partial charge in [0.2, 0.25) is 0 Å². The van der Waals surface area contributed by atoms with E-state index in [1.165, 1.54) is 11.8 Å². The van der Waals surface area contributed by atoms with Crippen LogP contribution in [0.15, 0.2) is 58.7 Å². The summed E-state index contributed by atoms with van der Waals surface area (Å²) in [5.41, 5.74) is 4.47. The van der Waals surface area contributed by atoms with Crippen molar-refractivity contribution in [3.05, 3.63) is 71.8 Å². The summed E-state index contributed by atoms with van der Waals surface area (Å²) >= 11 is 1.45. The molecular formula is C22H22N4O2S. The highest BCUT2D eigenvalue weighted by Gasteiger charge is 2.20. The van der Waals surface area contributed by atoms with Gasteiger partial charge in [0.05, 0.1) is 16.8 Å². The second-order valence-corrected chi connectivity index (χ2v) is 7.85. The van der Waals surface area contributed by atoms with E-state index in [0.29, 0.717) is 23.7 Å². The first-order valence-corrected chi connectivity index (χ1v) is 10.3. The molecule has 0 unspecified atom stereocenters. The number of Topliss-reactive ketones (excluding diaryl/α,β-unsaturated/α-hetero) is 1. The van der Waals surface area contributed by atoms with Gasteiger partial charge in [0.25, 0.3) is 0 Å². The van der Waals surface area contributed by atoms with Crippen molar-refractivity contribution in [3.8, 4) is 5.82 Å². The van der Waals surface area contributed by atoms with Crippen LogP contribution < -0.4 is 0 Å². The Morgan fingerprint density at radius 1 is 1.24 bits per heavy atom. The third-order valence-corrected chi connectivity index (χ3v) is 5.82. The van der Waals surface area contributed by atoms with Crippen LogP contribution in [-0.2, 0) is 6.54 Å². The molecule has 7 heteroatoms. The molecule has 3 heterocycles. The molecule has 4 aromatic rings. The molecule has 0 saturated heterocycles. The maximum absolute atomic E-state index is 13.0. The standard InChI is InChI=1S/C22H22N4O2S/c1-5-10-25-19-9-7-6-8-18(19)23-22(25)29-13-20(27)17-11-14(2)26(16(17)4)21-12-15(3)28-24-21/h5-9,11-12H,1,10,13H2,2-4H3. The highest BCUT2D eigenvalue weighted by Crippen LogP contribution is 2.27. The number of ketones is 1. The monoisotopic (exact) mass is 406 g/mol. The number of fused-ring (bicyclic) bond motifs is 1. The number of hydrogen-bond acceptors (Lipinski definition) is 5. The molecule has 0 bridgehead atoms. The van der Waals surface area contributed by atoms with Gasteiger partial charge in [-0.15, -0.1) is 6.58 Å². The molecule has 6 nitrogen and oxygen atoms in total. The fourth-order valence-corrected chi connectivity index (χ4v) is 4.44. The van der Waals surface area contributed by atoms with Crippen LogP contribution in [0, 0.1) is 20.8 Å². The van der Waals surface area contributed by atoms with Gasteiger partial charge in [0, 0.05) is 29.6 Å². The second kappa shape index (κ2) is 7.75. The van der Waals surface area contributed by atoms with E-state index in [2.05, 4.69) is 16.3 Å². The largest absolute Gasteiger partial charge is 0.360 e. The van der Waals surface area contributed by atoms with Gasteiger partial charge in [-0.1, -0.05) is 35.1 Å². The SMILES string of the molecule is C=CCn1c(SCC(=O)c2cc(C)n(-c3cc(C)on3)c2C)nc2ccccc21. The Balaban J connectivity index is 1.59. The lowest BCUT2D eigenvalue weighted by Gasteiger charge is -2.06. The van der Waals surface area contributed by atoms with Crippen molar-refractivity contribution in [2.45, 2.75) is 32.5 Å². The van der Waals surface area contributed by atoms with Crippen LogP contribution in [0.3, 0.4) is 0 Å². The molecule has 0 aliphatic carbocycles. The zero-order valence-corrected chi connectivity index (χ0v) is 17.5. The van der Waals surface area contributed by atoms with Crippen LogP contribution in [0.5, 0.6) is 0 Å². The van der Waals surface area contributed by atoms with Crippen molar-refractivity contribution in [1.29, 1.82) is 0 Å². The molecule has 4 rings (SSSR count). The number of nitrogens with zero attached hydrogens (tertiary/aromatic N) is 4. The van der Waals surface area contributed by atoms with Crippen molar-refractivity contribution < 1.29 is 9.32 Å². The van der Waals surface area contributed by atoms with Gasteiger partial charge in [-0.2, -0.15) is 0 Å². The number of aryl methyl sites for hydroxylation is 2. The maximum Gasteiger partial charge on any atom is 0.180 e. The molecule has 0 N–H and O–H groups in total. The summed E-state index contributed by atoms with van der Waals surface area (Å²) in [6.45, 7) is 10.2. The number of benzene rings is 1. The second-order valence-electron chi connectivity index (χ2n) is 6.91. The van der Waals surface area contributed by atoms with E-state index in [1.54, 1.807) is 0 Å². The summed E-state index contributed by atoms with van der Waals surface area (Å²) in [6, 6.07) is 11.7. The average molecular weight is 407 g/mol. The molecule has 0 spiro atoms. The van der Waals surface area contributed by atoms with Gasteiger partial charge < -0.3 is 9.09 Å². The van der Waals surface area contributed by atoms with E-state index in [0.717, 1.165) is 33.3 Å². The lowest BCUT2D eigenvalue weighted by Crippen LogP contribution is -2.07. The molecule has 0 radical (unpaired) electrons. The minimum atomic E-state index is 0.0618. The number of aromatic nitrogens is 4. The molecule has 3 aromatic heterocycles. The zero-order chi connectivity index (χ0) is 20.5. The van der Waals surface area contributed by atoms with Gasteiger partial charge in [-0.05, 0) is 39.0 Å². The van der Waals surface area contributed by atoms with Crippen molar-refractivity contribution in [3.63, 3.8) is 0 Å². The highest BCUT2D eigenvalue weighted by molar-refractivity contribution is 7.99. The number of carbonyl (C=O) groups is 1. The van der Waals surface area contributed by atoms with Gasteiger partial charge in [-0.3, -0.25) is 9.36 Å². The number of allylic oxidation sites excluding steroid dienone is 1. The molecular weight excluding hydrogens is 384 g/mol. The topological polar surface area (TPSA) is 65.8 Å². The lowest BCUT2D eigenvalue weighted by molar-refractivity contribution is 0.102. The molecule has 1 aromatic carbocycles. The Morgan fingerprint density at radius 2 is 2.03 bits per heavy atom. The van der Waals surface area contributed by atoms with E-state index in [4.69, 9.17) is 9.51 Å². The van der Waals surface area contributed by atoms with Gasteiger partial charge >= 0.3 is 0 Å². The number of para-hydroxylation sites is 2. The van der Waals surface area contributed by atoms with Crippen molar-refractivity contribution in [1.82, 2.24) is 19.3 Å². The Bertz CT molecular complexity index is 1220. The molecule has 0 saturated carbocycles. The van der Waals surface area contributed by atoms with Crippen molar-refractivity contribution >= 4 is 28.6 Å². The van der Waals surface area contributed by atoms with Crippen LogP contribution in [-0.4, -0.2) is 30.8 Å². The minimum Gasteiger partial charge on any atom is -0.360 e. The lowest BCUT2D eigenvalue weighted by atomic mass is 10.2. The molecule has 0 fully saturated rings. The average Bonchev–Trinajstić information content (AvgIpc) is 3.36. The fourth-order valence-electron chi connectivity index (χ4n) is 3.53. The predicted octanol–water partition coefficient (Wildman–Crippen LogP) is 4.90. The third-order valence-electron chi connectivity index (χ3n) is 4.84. The zero-order valence-electron chi connectivity index (χ0n) is 16.7. The van der Waals surface area contributed by atoms with Gasteiger partial charge in [-0.25, -0.2) is 4.98 Å². The van der Waals surface area contributed by atoms with E-state index < -0.39 is 0 Å². The molecule has 29 heavy (non-hydrogen) atoms. The number of thioether (sulfide) groups is 1. The Morgan fingerprint density at radius 3 is 2.76 bits per heavy atom. The summed E-state index contributed by atoms with van der Waals surface area (Å²) in [5.74, 6) is 1.79. The highest BCUT2D eigenvalue weighted by atomic mass is 32.2. The first-order chi connectivity index (χ1) is 14.0. The van der Waals surface area contributed by atoms with Gasteiger partial charge in [0.15, 0.2) is 16.8 Å². The fraction of sp³-hybridized carbons (Fsp3) is 0.227. The van der Waals surface area contributed by atoms with Crippen LogP contribution in [0.1, 0.15) is 27.5 Å². The van der Waals surface area contributed by atoms with E-state index >= 15 is 0 Å². The summed E-state index contributed by atoms with van der Waals surface area (Å²) in [7, 11) is 0. The van der Waals surface area contributed by atoms with Crippen molar-refractivity contribution in [2.24, 2.45) is 0 Å². The smallest absolute Gasteiger partial charge is 0.180 e. The number of hydrogen-bond donors (Lipinski definition) is 0. The Hall–Kier alpha value is -3.06. The predicted molar refractivity (Wildman–Crippen MR) is 115 cm³/mol. The van der Waals surface area contributed by atoms with Crippen LogP contribution >= 0.6 is 11.8 Å². The normalized spacial score (nSPS) is 11.3. The molecule has 0 amide bonds. The summed E-state index contributed by atoms with van der Waals surface area (Å²) < 4.78 is 9.22. The van der Waals surface area contributed by atoms with E-state index in [1.807, 2.05) is 67.8 Å². The van der Waals surface area contributed by atoms with E-state index in [9.17, 15) is 4.79 Å².